The van der Waals surface area contributed by atoms with Gasteiger partial charge in [-0.1, -0.05) is 0 Å². The fourth-order valence-electron chi connectivity index (χ4n) is 2.26. The Balaban J connectivity index is 1.54. The summed E-state index contributed by atoms with van der Waals surface area (Å²) in [7, 11) is 0. The molecule has 7 heteroatoms. The third-order valence-electron chi connectivity index (χ3n) is 3.60. The highest BCUT2D eigenvalue weighted by atomic mass is 16.5. The van der Waals surface area contributed by atoms with E-state index >= 15 is 0 Å². The molecule has 0 bridgehead atoms. The van der Waals surface area contributed by atoms with E-state index in [0.717, 1.165) is 12.8 Å². The lowest BCUT2D eigenvalue weighted by Crippen LogP contribution is -2.29. The summed E-state index contributed by atoms with van der Waals surface area (Å²) in [5.74, 6) is 0.386. The second kappa shape index (κ2) is 5.59. The van der Waals surface area contributed by atoms with Gasteiger partial charge in [0, 0.05) is 19.0 Å². The number of likely N-dealkylation sites (tertiary alicyclic amines) is 1. The van der Waals surface area contributed by atoms with Gasteiger partial charge in [0.05, 0.1) is 12.7 Å². The number of carbonyl (C=O) groups is 2. The number of carboxylic acid groups (broad SMARTS) is 1. The van der Waals surface area contributed by atoms with Crippen molar-refractivity contribution in [2.24, 2.45) is 0 Å². The summed E-state index contributed by atoms with van der Waals surface area (Å²) in [4.78, 5) is 28.0. The molecule has 1 saturated heterocycles. The van der Waals surface area contributed by atoms with E-state index in [1.807, 2.05) is 0 Å². The molecule has 0 radical (unpaired) electrons. The van der Waals surface area contributed by atoms with Crippen LogP contribution in [0.15, 0.2) is 18.3 Å². The van der Waals surface area contributed by atoms with Gasteiger partial charge in [0.1, 0.15) is 17.5 Å². The average molecular weight is 291 g/mol. The minimum absolute atomic E-state index is 0.158. The van der Waals surface area contributed by atoms with Crippen LogP contribution in [0, 0.1) is 0 Å². The van der Waals surface area contributed by atoms with Crippen LogP contribution in [0.1, 0.15) is 29.8 Å². The summed E-state index contributed by atoms with van der Waals surface area (Å²) < 4.78 is 5.68. The molecule has 1 aromatic heterocycles. The number of hydrogen-bond donors (Lipinski definition) is 2. The quantitative estimate of drug-likeness (QED) is 0.867. The van der Waals surface area contributed by atoms with E-state index in [2.05, 4.69) is 10.3 Å². The highest BCUT2D eigenvalue weighted by Crippen LogP contribution is 2.20. The number of ether oxygens (including phenoxy) is 1. The predicted octanol–water partition coefficient (Wildman–Crippen LogP) is 1.10. The van der Waals surface area contributed by atoms with Crippen molar-refractivity contribution in [3.05, 3.63) is 24.0 Å². The largest absolute Gasteiger partial charge is 0.487 e. The summed E-state index contributed by atoms with van der Waals surface area (Å²) in [5, 5.41) is 11.8. The number of nitrogens with zero attached hydrogens (tertiary/aromatic N) is 2. The summed E-state index contributed by atoms with van der Waals surface area (Å²) in [5.41, 5.74) is 0.368. The van der Waals surface area contributed by atoms with Crippen molar-refractivity contribution < 1.29 is 19.4 Å². The third kappa shape index (κ3) is 3.42. The third-order valence-corrected chi connectivity index (χ3v) is 3.60. The number of carbonyl (C=O) groups excluding carboxylic acids is 1. The number of pyridine rings is 1. The first kappa shape index (κ1) is 13.7. The first-order chi connectivity index (χ1) is 10.1. The molecule has 21 heavy (non-hydrogen) atoms. The molecule has 7 nitrogen and oxygen atoms in total. The van der Waals surface area contributed by atoms with Gasteiger partial charge >= 0.3 is 6.09 Å². The van der Waals surface area contributed by atoms with Crippen molar-refractivity contribution in [2.45, 2.75) is 31.4 Å². The van der Waals surface area contributed by atoms with Crippen LogP contribution in [-0.4, -0.2) is 52.2 Å². The van der Waals surface area contributed by atoms with Gasteiger partial charge in [0.2, 0.25) is 0 Å². The Bertz CT molecular complexity index is 542. The van der Waals surface area contributed by atoms with Crippen molar-refractivity contribution >= 4 is 12.0 Å². The molecule has 1 saturated carbocycles. The van der Waals surface area contributed by atoms with Gasteiger partial charge in [0.25, 0.3) is 5.91 Å². The van der Waals surface area contributed by atoms with E-state index in [9.17, 15) is 9.59 Å². The van der Waals surface area contributed by atoms with Gasteiger partial charge in [-0.25, -0.2) is 9.78 Å². The van der Waals surface area contributed by atoms with Crippen molar-refractivity contribution in [1.82, 2.24) is 15.2 Å². The number of amides is 2. The lowest BCUT2D eigenvalue weighted by Gasteiger charge is -2.14. The average Bonchev–Trinajstić information content (AvgIpc) is 3.15. The number of aromatic nitrogens is 1. The van der Waals surface area contributed by atoms with Crippen molar-refractivity contribution in [2.75, 3.05) is 13.1 Å². The molecule has 0 aromatic carbocycles. The van der Waals surface area contributed by atoms with Crippen LogP contribution in [0.2, 0.25) is 0 Å². The van der Waals surface area contributed by atoms with E-state index in [-0.39, 0.29) is 12.0 Å². The van der Waals surface area contributed by atoms with Gasteiger partial charge in [0.15, 0.2) is 0 Å². The monoisotopic (exact) mass is 291 g/mol. The Morgan fingerprint density at radius 3 is 2.71 bits per heavy atom. The minimum Gasteiger partial charge on any atom is -0.487 e. The van der Waals surface area contributed by atoms with Crippen molar-refractivity contribution in [3.8, 4) is 5.75 Å². The van der Waals surface area contributed by atoms with Crippen LogP contribution in [0.5, 0.6) is 5.75 Å². The van der Waals surface area contributed by atoms with Gasteiger partial charge in [-0.15, -0.1) is 0 Å². The second-order valence-corrected chi connectivity index (χ2v) is 5.38. The summed E-state index contributed by atoms with van der Waals surface area (Å²) in [6.07, 6.45) is 3.16. The zero-order valence-corrected chi connectivity index (χ0v) is 11.5. The van der Waals surface area contributed by atoms with E-state index in [1.165, 1.54) is 11.1 Å². The van der Waals surface area contributed by atoms with Gasteiger partial charge in [-0.05, 0) is 25.0 Å². The molecule has 0 spiro atoms. The highest BCUT2D eigenvalue weighted by molar-refractivity contribution is 5.92. The zero-order chi connectivity index (χ0) is 14.8. The maximum absolute atomic E-state index is 11.8. The molecule has 2 aliphatic rings. The van der Waals surface area contributed by atoms with E-state index in [0.29, 0.717) is 37.0 Å². The first-order valence-corrected chi connectivity index (χ1v) is 7.03. The number of nitrogens with one attached hydrogen (secondary N) is 1. The summed E-state index contributed by atoms with van der Waals surface area (Å²) in [6, 6.07) is 3.62. The highest BCUT2D eigenvalue weighted by Gasteiger charge is 2.27. The van der Waals surface area contributed by atoms with E-state index in [1.54, 1.807) is 12.1 Å². The van der Waals surface area contributed by atoms with Crippen molar-refractivity contribution in [1.29, 1.82) is 0 Å². The normalized spacial score (nSPS) is 21.1. The Labute approximate surface area is 121 Å². The predicted molar refractivity (Wildman–Crippen MR) is 73.4 cm³/mol. The molecule has 1 aromatic rings. The zero-order valence-electron chi connectivity index (χ0n) is 11.5. The Kier molecular flexibility index (Phi) is 3.64. The Morgan fingerprint density at radius 2 is 2.14 bits per heavy atom. The Morgan fingerprint density at radius 1 is 1.33 bits per heavy atom. The van der Waals surface area contributed by atoms with Crippen molar-refractivity contribution in [3.63, 3.8) is 0 Å². The summed E-state index contributed by atoms with van der Waals surface area (Å²) >= 11 is 0. The molecule has 2 amide bonds. The topological polar surface area (TPSA) is 91.8 Å². The molecule has 1 atom stereocenters. The molecular formula is C14H17N3O4. The Hall–Kier alpha value is -2.31. The van der Waals surface area contributed by atoms with Gasteiger partial charge < -0.3 is 20.1 Å². The molecule has 1 aliphatic carbocycles. The van der Waals surface area contributed by atoms with Crippen LogP contribution in [0.4, 0.5) is 4.79 Å². The molecule has 2 heterocycles. The summed E-state index contributed by atoms with van der Waals surface area (Å²) in [6.45, 7) is 0.842. The van der Waals surface area contributed by atoms with Crippen LogP contribution < -0.4 is 10.1 Å². The van der Waals surface area contributed by atoms with Gasteiger partial charge in [-0.2, -0.15) is 0 Å². The lowest BCUT2D eigenvalue weighted by molar-refractivity contribution is 0.0945. The smallest absolute Gasteiger partial charge is 0.407 e. The van der Waals surface area contributed by atoms with Crippen LogP contribution in [0.25, 0.3) is 0 Å². The van der Waals surface area contributed by atoms with Gasteiger partial charge in [-0.3, -0.25) is 4.79 Å². The molecule has 0 unspecified atom stereocenters. The molecular weight excluding hydrogens is 274 g/mol. The van der Waals surface area contributed by atoms with Crippen LogP contribution in [-0.2, 0) is 0 Å². The van der Waals surface area contributed by atoms with E-state index in [4.69, 9.17) is 9.84 Å². The van der Waals surface area contributed by atoms with Crippen LogP contribution in [0.3, 0.4) is 0 Å². The molecule has 3 rings (SSSR count). The number of rotatable bonds is 4. The second-order valence-electron chi connectivity index (χ2n) is 5.38. The fourth-order valence-corrected chi connectivity index (χ4v) is 2.26. The molecule has 112 valence electrons. The molecule has 1 aliphatic heterocycles. The standard InChI is InChI=1S/C14H17N3O4/c18-13(16-9-1-2-9)12-4-3-10(7-15-12)21-11-5-6-17(8-11)14(19)20/h3-4,7,9,11H,1-2,5-6,8H2,(H,16,18)(H,19,20)/t11-/m1/s1. The maximum atomic E-state index is 11.8. The SMILES string of the molecule is O=C(NC1CC1)c1ccc(O[C@@H]2CCN(C(=O)O)C2)cn1. The maximum Gasteiger partial charge on any atom is 0.407 e. The number of hydrogen-bond acceptors (Lipinski definition) is 4. The fraction of sp³-hybridized carbons (Fsp3) is 0.500. The van der Waals surface area contributed by atoms with E-state index < -0.39 is 6.09 Å². The molecule has 2 N–H and O–H groups in total. The minimum atomic E-state index is -0.925. The lowest BCUT2D eigenvalue weighted by atomic mass is 10.3. The first-order valence-electron chi connectivity index (χ1n) is 7.03. The van der Waals surface area contributed by atoms with Crippen LogP contribution >= 0.6 is 0 Å². The molecule has 2 fully saturated rings.